The molecule has 100 valence electrons. The Balaban J connectivity index is 2.64. The summed E-state index contributed by atoms with van der Waals surface area (Å²) in [6.07, 6.45) is 1.90. The molecule has 0 spiro atoms. The lowest BCUT2D eigenvalue weighted by Crippen LogP contribution is -2.30. The number of nitrogens with zero attached hydrogens (tertiary/aromatic N) is 1. The van der Waals surface area contributed by atoms with Crippen LogP contribution in [0, 0.1) is 12.8 Å². The predicted octanol–water partition coefficient (Wildman–Crippen LogP) is 4.25. The zero-order valence-corrected chi connectivity index (χ0v) is 11.5. The smallest absolute Gasteiger partial charge is 0.201 e. The molecule has 0 radical (unpaired) electrons. The fraction of sp³-hybridized carbons (Fsp3) is 0.389. The van der Waals surface area contributed by atoms with Crippen LogP contribution in [0.2, 0.25) is 0 Å². The molecule has 19 heavy (non-hydrogen) atoms. The molecule has 0 saturated heterocycles. The third-order valence-corrected chi connectivity index (χ3v) is 3.37. The standard InChI is InChI=1S/C18H24N/c1-13(2)15(4)16-9-10-17(14(3)12-16)18-8-6-7-11-19(18)5/h6-13,15H,1-5H3/q+1/i1D3,2D3,13D,15D. The normalized spacial score (nSPS) is 22.5. The zero-order chi connectivity index (χ0) is 20.8. The third kappa shape index (κ3) is 2.86. The van der Waals surface area contributed by atoms with E-state index >= 15 is 0 Å². The highest BCUT2D eigenvalue weighted by Crippen LogP contribution is 2.28. The summed E-state index contributed by atoms with van der Waals surface area (Å²) in [5.74, 6) is -5.15. The van der Waals surface area contributed by atoms with E-state index in [2.05, 4.69) is 0 Å². The average Bonchev–Trinajstić information content (AvgIpc) is 2.52. The molecule has 1 aromatic carbocycles. The number of rotatable bonds is 3. The molecule has 0 fully saturated rings. The first-order chi connectivity index (χ1) is 12.1. The molecule has 1 heterocycles. The summed E-state index contributed by atoms with van der Waals surface area (Å²) in [5, 5.41) is 0. The van der Waals surface area contributed by atoms with Gasteiger partial charge >= 0.3 is 0 Å². The molecule has 1 atom stereocenters. The number of aromatic nitrogens is 1. The van der Waals surface area contributed by atoms with Gasteiger partial charge in [-0.25, -0.2) is 4.57 Å². The van der Waals surface area contributed by atoms with Crippen LogP contribution in [0.3, 0.4) is 0 Å². The van der Waals surface area contributed by atoms with Crippen LogP contribution in [0.15, 0.2) is 42.6 Å². The van der Waals surface area contributed by atoms with Crippen molar-refractivity contribution in [3.05, 3.63) is 53.7 Å². The molecular formula is C18H24N+. The molecule has 0 N–H and O–H groups in total. The molecule has 0 aliphatic carbocycles. The Labute approximate surface area is 128 Å². The van der Waals surface area contributed by atoms with Gasteiger partial charge in [-0.3, -0.25) is 0 Å². The highest BCUT2D eigenvalue weighted by Gasteiger charge is 2.14. The van der Waals surface area contributed by atoms with Crippen LogP contribution in [0.1, 0.15) is 48.6 Å². The van der Waals surface area contributed by atoms with Crippen molar-refractivity contribution in [2.24, 2.45) is 12.9 Å². The van der Waals surface area contributed by atoms with Crippen molar-refractivity contribution >= 4 is 0 Å². The van der Waals surface area contributed by atoms with E-state index in [1.54, 1.807) is 18.2 Å². The highest BCUT2D eigenvalue weighted by molar-refractivity contribution is 5.61. The van der Waals surface area contributed by atoms with Crippen molar-refractivity contribution in [3.8, 4) is 11.3 Å². The molecule has 1 heteroatoms. The van der Waals surface area contributed by atoms with Gasteiger partial charge in [-0.05, 0) is 42.0 Å². The van der Waals surface area contributed by atoms with Gasteiger partial charge < -0.3 is 0 Å². The van der Waals surface area contributed by atoms with Gasteiger partial charge in [0.15, 0.2) is 6.20 Å². The van der Waals surface area contributed by atoms with E-state index in [0.717, 1.165) is 16.8 Å². The van der Waals surface area contributed by atoms with Crippen molar-refractivity contribution in [1.29, 1.82) is 0 Å². The first-order valence-electron chi connectivity index (χ1n) is 10.2. The fourth-order valence-electron chi connectivity index (χ4n) is 2.13. The molecule has 0 saturated carbocycles. The van der Waals surface area contributed by atoms with Gasteiger partial charge in [-0.2, -0.15) is 0 Å². The van der Waals surface area contributed by atoms with Gasteiger partial charge in [0.05, 0.1) is 0 Å². The van der Waals surface area contributed by atoms with Gasteiger partial charge in [0.25, 0.3) is 0 Å². The average molecular weight is 262 g/mol. The maximum Gasteiger partial charge on any atom is 0.212 e. The lowest BCUT2D eigenvalue weighted by molar-refractivity contribution is -0.660. The summed E-state index contributed by atoms with van der Waals surface area (Å²) < 4.78 is 64.9. The topological polar surface area (TPSA) is 3.88 Å². The summed E-state index contributed by atoms with van der Waals surface area (Å²) in [7, 11) is 1.90. The Morgan fingerprint density at radius 2 is 2.00 bits per heavy atom. The van der Waals surface area contributed by atoms with Crippen LogP contribution in [-0.2, 0) is 7.05 Å². The van der Waals surface area contributed by atoms with E-state index in [0.29, 0.717) is 0 Å². The van der Waals surface area contributed by atoms with Crippen LogP contribution in [0.25, 0.3) is 11.3 Å². The van der Waals surface area contributed by atoms with E-state index < -0.39 is 25.5 Å². The van der Waals surface area contributed by atoms with E-state index in [9.17, 15) is 0 Å². The third-order valence-electron chi connectivity index (χ3n) is 3.37. The predicted molar refractivity (Wildman–Crippen MR) is 81.0 cm³/mol. The van der Waals surface area contributed by atoms with Crippen molar-refractivity contribution < 1.29 is 15.5 Å². The Morgan fingerprint density at radius 3 is 2.63 bits per heavy atom. The van der Waals surface area contributed by atoms with Crippen LogP contribution >= 0.6 is 0 Å². The summed E-state index contributed by atoms with van der Waals surface area (Å²) in [4.78, 5) is 0. The molecule has 0 bridgehead atoms. The Hall–Kier alpha value is -1.63. The van der Waals surface area contributed by atoms with Crippen molar-refractivity contribution in [1.82, 2.24) is 0 Å². The van der Waals surface area contributed by atoms with Crippen LogP contribution in [0.5, 0.6) is 0 Å². The summed E-state index contributed by atoms with van der Waals surface area (Å²) >= 11 is 0. The monoisotopic (exact) mass is 262 g/mol. The SMILES string of the molecule is [2H]C([2H])([2H])C([2H])(C([2H])([2H])[2H])C([2H])(C)c1ccc(-c2cccc[n+]2C)c(C)c1. The van der Waals surface area contributed by atoms with Crippen LogP contribution in [-0.4, -0.2) is 0 Å². The summed E-state index contributed by atoms with van der Waals surface area (Å²) in [6.45, 7) is -3.31. The van der Waals surface area contributed by atoms with Gasteiger partial charge in [-0.15, -0.1) is 0 Å². The van der Waals surface area contributed by atoms with Crippen LogP contribution < -0.4 is 4.57 Å². The van der Waals surface area contributed by atoms with E-state index in [4.69, 9.17) is 11.0 Å². The number of hydrogen-bond acceptors (Lipinski definition) is 0. The van der Waals surface area contributed by atoms with Crippen molar-refractivity contribution in [2.45, 2.75) is 33.4 Å². The second-order valence-electron chi connectivity index (χ2n) is 4.73. The minimum absolute atomic E-state index is 0.185. The Morgan fingerprint density at radius 1 is 1.21 bits per heavy atom. The van der Waals surface area contributed by atoms with E-state index in [1.165, 1.54) is 6.92 Å². The van der Waals surface area contributed by atoms with Gasteiger partial charge in [0.2, 0.25) is 5.69 Å². The van der Waals surface area contributed by atoms with Gasteiger partial charge in [0, 0.05) is 28.7 Å². The number of benzene rings is 1. The van der Waals surface area contributed by atoms with Crippen LogP contribution in [0.4, 0.5) is 0 Å². The summed E-state index contributed by atoms with van der Waals surface area (Å²) in [6, 6.07) is 10.6. The van der Waals surface area contributed by atoms with Crippen molar-refractivity contribution in [3.63, 3.8) is 0 Å². The second-order valence-corrected chi connectivity index (χ2v) is 4.73. The molecule has 1 nitrogen and oxygen atoms in total. The number of aryl methyl sites for hydroxylation is 2. The Kier molecular flexibility index (Phi) is 1.96. The molecule has 0 amide bonds. The number of pyridine rings is 1. The molecule has 1 unspecified atom stereocenters. The largest absolute Gasteiger partial charge is 0.212 e. The minimum Gasteiger partial charge on any atom is -0.201 e. The summed E-state index contributed by atoms with van der Waals surface area (Å²) in [5.41, 5.74) is 2.77. The number of hydrogen-bond donors (Lipinski definition) is 0. The maximum absolute atomic E-state index is 8.63. The zero-order valence-electron chi connectivity index (χ0n) is 19.5. The molecule has 2 rings (SSSR count). The highest BCUT2D eigenvalue weighted by atomic mass is 14.9. The van der Waals surface area contributed by atoms with Crippen molar-refractivity contribution in [2.75, 3.05) is 0 Å². The lowest BCUT2D eigenvalue weighted by Gasteiger charge is -2.17. The first-order valence-corrected chi connectivity index (χ1v) is 6.21. The quantitative estimate of drug-likeness (QED) is 0.728. The fourth-order valence-corrected chi connectivity index (χ4v) is 2.13. The maximum atomic E-state index is 8.63. The molecule has 0 aliphatic heterocycles. The molecule has 1 aromatic heterocycles. The molecular weight excluding hydrogens is 230 g/mol. The minimum atomic E-state index is -3.16. The lowest BCUT2D eigenvalue weighted by atomic mass is 9.88. The van der Waals surface area contributed by atoms with Gasteiger partial charge in [-0.1, -0.05) is 32.8 Å². The Bertz CT molecular complexity index is 822. The first kappa shape index (κ1) is 6.69. The van der Waals surface area contributed by atoms with E-state index in [1.807, 2.05) is 42.9 Å². The van der Waals surface area contributed by atoms with Gasteiger partial charge in [0.1, 0.15) is 7.05 Å². The molecule has 0 aliphatic rings. The second kappa shape index (κ2) is 5.56. The van der Waals surface area contributed by atoms with E-state index in [-0.39, 0.29) is 5.56 Å². The molecule has 2 aromatic rings.